The van der Waals surface area contributed by atoms with E-state index in [0.29, 0.717) is 25.2 Å². The summed E-state index contributed by atoms with van der Waals surface area (Å²) in [5.74, 6) is -0.0710. The molecule has 2 rings (SSSR count). The van der Waals surface area contributed by atoms with E-state index in [1.807, 2.05) is 6.92 Å². The molecule has 6 nitrogen and oxygen atoms in total. The summed E-state index contributed by atoms with van der Waals surface area (Å²) >= 11 is 0. The number of rotatable bonds is 7. The number of aromatic nitrogens is 2. The summed E-state index contributed by atoms with van der Waals surface area (Å²) in [5.41, 5.74) is 1.45. The average Bonchev–Trinajstić information content (AvgIpc) is 3.01. The molecule has 2 amide bonds. The normalized spacial score (nSPS) is 12.0. The van der Waals surface area contributed by atoms with Crippen LogP contribution in [0.25, 0.3) is 5.69 Å². The van der Waals surface area contributed by atoms with Gasteiger partial charge in [0.15, 0.2) is 0 Å². The molecular weight excluding hydrogens is 299 g/mol. The predicted octanol–water partition coefficient (Wildman–Crippen LogP) is 1.83. The van der Waals surface area contributed by atoms with E-state index in [9.17, 15) is 9.18 Å². The molecule has 1 atom stereocenters. The number of aliphatic hydroxyl groups is 1. The van der Waals surface area contributed by atoms with Gasteiger partial charge in [0.25, 0.3) is 0 Å². The second kappa shape index (κ2) is 8.28. The zero-order valence-electron chi connectivity index (χ0n) is 13.0. The van der Waals surface area contributed by atoms with Gasteiger partial charge in [0.1, 0.15) is 5.82 Å². The van der Waals surface area contributed by atoms with Gasteiger partial charge in [-0.3, -0.25) is 0 Å². The van der Waals surface area contributed by atoms with Crippen molar-refractivity contribution in [2.24, 2.45) is 5.92 Å². The van der Waals surface area contributed by atoms with Crippen molar-refractivity contribution < 1.29 is 14.3 Å². The third-order valence-electron chi connectivity index (χ3n) is 3.40. The van der Waals surface area contributed by atoms with E-state index in [1.165, 1.54) is 12.1 Å². The minimum Gasteiger partial charge on any atom is -0.396 e. The highest BCUT2D eigenvalue weighted by atomic mass is 19.1. The summed E-state index contributed by atoms with van der Waals surface area (Å²) in [4.78, 5) is 11.7. The van der Waals surface area contributed by atoms with Gasteiger partial charge in [-0.05, 0) is 42.7 Å². The summed E-state index contributed by atoms with van der Waals surface area (Å²) in [6.45, 7) is 2.89. The SMILES string of the molecule is CC(CCO)CNC(=O)NCc1ccn(-c2ccc(F)cc2)n1. The molecule has 1 heterocycles. The molecule has 0 saturated heterocycles. The molecule has 2 aromatic rings. The molecule has 0 aliphatic heterocycles. The van der Waals surface area contributed by atoms with E-state index in [-0.39, 0.29) is 24.4 Å². The van der Waals surface area contributed by atoms with Crippen LogP contribution in [-0.4, -0.2) is 34.1 Å². The average molecular weight is 320 g/mol. The molecule has 0 aliphatic rings. The lowest BCUT2D eigenvalue weighted by molar-refractivity contribution is 0.233. The minimum atomic E-state index is -0.296. The first-order valence-electron chi connectivity index (χ1n) is 7.51. The lowest BCUT2D eigenvalue weighted by atomic mass is 10.1. The summed E-state index contributed by atoms with van der Waals surface area (Å²) in [6.07, 6.45) is 2.41. The van der Waals surface area contributed by atoms with Crippen LogP contribution in [-0.2, 0) is 6.54 Å². The maximum Gasteiger partial charge on any atom is 0.315 e. The third-order valence-corrected chi connectivity index (χ3v) is 3.40. The van der Waals surface area contributed by atoms with E-state index < -0.39 is 0 Å². The number of halogens is 1. The van der Waals surface area contributed by atoms with Gasteiger partial charge in [-0.15, -0.1) is 0 Å². The number of hydrogen-bond acceptors (Lipinski definition) is 3. The van der Waals surface area contributed by atoms with Gasteiger partial charge in [-0.2, -0.15) is 5.10 Å². The van der Waals surface area contributed by atoms with Gasteiger partial charge in [0, 0.05) is 19.3 Å². The molecule has 0 aliphatic carbocycles. The van der Waals surface area contributed by atoms with E-state index in [2.05, 4.69) is 15.7 Å². The molecule has 1 unspecified atom stereocenters. The number of nitrogens with one attached hydrogen (secondary N) is 2. The van der Waals surface area contributed by atoms with E-state index >= 15 is 0 Å². The van der Waals surface area contributed by atoms with Gasteiger partial charge in [-0.25, -0.2) is 13.9 Å². The second-order valence-corrected chi connectivity index (χ2v) is 5.41. The number of hydrogen-bond donors (Lipinski definition) is 3. The molecule has 1 aromatic carbocycles. The fraction of sp³-hybridized carbons (Fsp3) is 0.375. The summed E-state index contributed by atoms with van der Waals surface area (Å²) in [7, 11) is 0. The highest BCUT2D eigenvalue weighted by molar-refractivity contribution is 5.73. The maximum atomic E-state index is 12.9. The molecule has 0 radical (unpaired) electrons. The molecule has 3 N–H and O–H groups in total. The fourth-order valence-electron chi connectivity index (χ4n) is 2.02. The Morgan fingerprint density at radius 3 is 2.74 bits per heavy atom. The van der Waals surface area contributed by atoms with Crippen molar-refractivity contribution in [1.82, 2.24) is 20.4 Å². The third kappa shape index (κ3) is 5.37. The van der Waals surface area contributed by atoms with Crippen LogP contribution in [0.5, 0.6) is 0 Å². The van der Waals surface area contributed by atoms with Crippen molar-refractivity contribution in [3.05, 3.63) is 48.0 Å². The Morgan fingerprint density at radius 2 is 2.04 bits per heavy atom. The Balaban J connectivity index is 1.80. The van der Waals surface area contributed by atoms with Crippen LogP contribution in [0.1, 0.15) is 19.0 Å². The highest BCUT2D eigenvalue weighted by Crippen LogP contribution is 2.08. The van der Waals surface area contributed by atoms with Crippen molar-refractivity contribution in [3.63, 3.8) is 0 Å². The first kappa shape index (κ1) is 17.0. The molecule has 0 saturated carbocycles. The minimum absolute atomic E-state index is 0.116. The van der Waals surface area contributed by atoms with Crippen LogP contribution in [0.3, 0.4) is 0 Å². The van der Waals surface area contributed by atoms with E-state index in [4.69, 9.17) is 5.11 Å². The molecule has 0 fully saturated rings. The van der Waals surface area contributed by atoms with E-state index in [0.717, 1.165) is 5.69 Å². The lowest BCUT2D eigenvalue weighted by Crippen LogP contribution is -2.37. The zero-order chi connectivity index (χ0) is 16.7. The van der Waals surface area contributed by atoms with Crippen LogP contribution in [0.4, 0.5) is 9.18 Å². The predicted molar refractivity (Wildman–Crippen MR) is 84.6 cm³/mol. The van der Waals surface area contributed by atoms with Crippen LogP contribution in [0, 0.1) is 11.7 Å². The van der Waals surface area contributed by atoms with Crippen LogP contribution in [0.2, 0.25) is 0 Å². The second-order valence-electron chi connectivity index (χ2n) is 5.41. The summed E-state index contributed by atoms with van der Waals surface area (Å²) in [5, 5.41) is 18.6. The number of carbonyl (C=O) groups excluding carboxylic acids is 1. The maximum absolute atomic E-state index is 12.9. The highest BCUT2D eigenvalue weighted by Gasteiger charge is 2.06. The van der Waals surface area contributed by atoms with Crippen molar-refractivity contribution in [2.45, 2.75) is 19.9 Å². The number of urea groups is 1. The molecule has 0 bridgehead atoms. The summed E-state index contributed by atoms with van der Waals surface area (Å²) < 4.78 is 14.5. The smallest absolute Gasteiger partial charge is 0.315 e. The molecular formula is C16H21FN4O2. The topological polar surface area (TPSA) is 79.2 Å². The number of nitrogens with zero attached hydrogens (tertiary/aromatic N) is 2. The first-order valence-corrected chi connectivity index (χ1v) is 7.51. The van der Waals surface area contributed by atoms with Gasteiger partial charge in [-0.1, -0.05) is 6.92 Å². The molecule has 0 spiro atoms. The van der Waals surface area contributed by atoms with Crippen molar-refractivity contribution in [2.75, 3.05) is 13.2 Å². The number of benzene rings is 1. The fourth-order valence-corrected chi connectivity index (χ4v) is 2.02. The van der Waals surface area contributed by atoms with E-state index in [1.54, 1.807) is 29.1 Å². The standard InChI is InChI=1S/C16H21FN4O2/c1-12(7-9-22)10-18-16(23)19-11-14-6-8-21(20-14)15-4-2-13(17)3-5-15/h2-6,8,12,22H,7,9-11H2,1H3,(H2,18,19,23). The molecule has 1 aromatic heterocycles. The molecule has 124 valence electrons. The van der Waals surface area contributed by atoms with Gasteiger partial charge in [0.2, 0.25) is 0 Å². The lowest BCUT2D eigenvalue weighted by Gasteiger charge is -2.11. The van der Waals surface area contributed by atoms with Crippen molar-refractivity contribution in [3.8, 4) is 5.69 Å². The molecule has 7 heteroatoms. The number of amides is 2. The Kier molecular flexibility index (Phi) is 6.10. The number of carbonyl (C=O) groups is 1. The van der Waals surface area contributed by atoms with Crippen molar-refractivity contribution in [1.29, 1.82) is 0 Å². The molecule has 23 heavy (non-hydrogen) atoms. The van der Waals surface area contributed by atoms with Crippen molar-refractivity contribution >= 4 is 6.03 Å². The van der Waals surface area contributed by atoms with Gasteiger partial charge >= 0.3 is 6.03 Å². The van der Waals surface area contributed by atoms with Crippen LogP contribution in [0.15, 0.2) is 36.5 Å². The Hall–Kier alpha value is -2.41. The monoisotopic (exact) mass is 320 g/mol. The Morgan fingerprint density at radius 1 is 1.30 bits per heavy atom. The summed E-state index contributed by atoms with van der Waals surface area (Å²) in [6, 6.07) is 7.53. The number of aliphatic hydroxyl groups excluding tert-OH is 1. The Bertz CT molecular complexity index is 627. The zero-order valence-corrected chi connectivity index (χ0v) is 13.0. The Labute approximate surface area is 134 Å². The van der Waals surface area contributed by atoms with Crippen LogP contribution >= 0.6 is 0 Å². The van der Waals surface area contributed by atoms with Gasteiger partial charge in [0.05, 0.1) is 17.9 Å². The first-order chi connectivity index (χ1) is 11.1. The largest absolute Gasteiger partial charge is 0.396 e. The van der Waals surface area contributed by atoms with Crippen LogP contribution < -0.4 is 10.6 Å². The van der Waals surface area contributed by atoms with Gasteiger partial charge < -0.3 is 15.7 Å². The quantitative estimate of drug-likeness (QED) is 0.728.